The number of nitrogens with one attached hydrogen (secondary N) is 3. The van der Waals surface area contributed by atoms with Crippen LogP contribution in [0.1, 0.15) is 6.42 Å². The Labute approximate surface area is 79.5 Å². The molecule has 0 aromatic carbocycles. The molecule has 0 bridgehead atoms. The van der Waals surface area contributed by atoms with Crippen molar-refractivity contribution in [1.29, 1.82) is 0 Å². The summed E-state index contributed by atoms with van der Waals surface area (Å²) >= 11 is 0. The molecule has 0 aromatic rings. The molecule has 13 heavy (non-hydrogen) atoms. The van der Waals surface area contributed by atoms with Crippen molar-refractivity contribution in [3.05, 3.63) is 0 Å². The molecule has 0 radical (unpaired) electrons. The Bertz CT molecular complexity index is 125. The Hall–Kier alpha value is -0.200. The van der Waals surface area contributed by atoms with Gasteiger partial charge in [-0.25, -0.2) is 0 Å². The van der Waals surface area contributed by atoms with Crippen LogP contribution in [0, 0.1) is 0 Å². The molecular formula is C8H21N3O2. The van der Waals surface area contributed by atoms with E-state index in [4.69, 9.17) is 10.2 Å². The molecule has 0 aliphatic heterocycles. The van der Waals surface area contributed by atoms with Gasteiger partial charge in [-0.2, -0.15) is 0 Å². The average Bonchev–Trinajstić information content (AvgIpc) is 2.18. The summed E-state index contributed by atoms with van der Waals surface area (Å²) < 4.78 is 0. The zero-order valence-electron chi connectivity index (χ0n) is 8.59. The Morgan fingerprint density at radius 2 is 1.69 bits per heavy atom. The largest absolute Gasteiger partial charge is 0.396 e. The second-order valence-corrected chi connectivity index (χ2v) is 2.97. The minimum Gasteiger partial charge on any atom is -0.396 e. The van der Waals surface area contributed by atoms with E-state index in [1.54, 1.807) is 21.1 Å². The van der Waals surface area contributed by atoms with Crippen molar-refractivity contribution in [2.75, 3.05) is 34.4 Å². The molecule has 0 saturated heterocycles. The highest BCUT2D eigenvalue weighted by atomic mass is 16.3. The van der Waals surface area contributed by atoms with Crippen molar-refractivity contribution in [1.82, 2.24) is 16.0 Å². The van der Waals surface area contributed by atoms with E-state index in [1.807, 2.05) is 0 Å². The monoisotopic (exact) mass is 191 g/mol. The van der Waals surface area contributed by atoms with E-state index in [2.05, 4.69) is 16.0 Å². The molecule has 5 N–H and O–H groups in total. The summed E-state index contributed by atoms with van der Waals surface area (Å²) in [6, 6.07) is -0.130. The maximum Gasteiger partial charge on any atom is 0.0884 e. The summed E-state index contributed by atoms with van der Waals surface area (Å²) in [7, 11) is 5.38. The van der Waals surface area contributed by atoms with Gasteiger partial charge in [0.15, 0.2) is 0 Å². The summed E-state index contributed by atoms with van der Waals surface area (Å²) in [5, 5.41) is 27.2. The van der Waals surface area contributed by atoms with Gasteiger partial charge in [0, 0.05) is 13.0 Å². The van der Waals surface area contributed by atoms with Crippen molar-refractivity contribution in [3.63, 3.8) is 0 Å². The highest BCUT2D eigenvalue weighted by Crippen LogP contribution is 2.10. The van der Waals surface area contributed by atoms with Gasteiger partial charge in [0.1, 0.15) is 0 Å². The summed E-state index contributed by atoms with van der Waals surface area (Å²) in [4.78, 5) is 0. The van der Waals surface area contributed by atoms with E-state index >= 15 is 0 Å². The topological polar surface area (TPSA) is 76.5 Å². The molecule has 0 spiro atoms. The van der Waals surface area contributed by atoms with E-state index < -0.39 is 5.66 Å². The Morgan fingerprint density at radius 1 is 1.15 bits per heavy atom. The van der Waals surface area contributed by atoms with Gasteiger partial charge in [-0.3, -0.25) is 0 Å². The molecular weight excluding hydrogens is 170 g/mol. The molecule has 0 amide bonds. The predicted octanol–water partition coefficient (Wildman–Crippen LogP) is -1.92. The molecule has 0 rings (SSSR count). The van der Waals surface area contributed by atoms with Gasteiger partial charge < -0.3 is 26.2 Å². The zero-order valence-corrected chi connectivity index (χ0v) is 8.59. The predicted molar refractivity (Wildman–Crippen MR) is 52.5 cm³/mol. The fourth-order valence-electron chi connectivity index (χ4n) is 1.57. The first-order valence-corrected chi connectivity index (χ1v) is 4.47. The lowest BCUT2D eigenvalue weighted by Crippen LogP contribution is -2.67. The van der Waals surface area contributed by atoms with Crippen LogP contribution < -0.4 is 16.0 Å². The molecule has 1 atom stereocenters. The first-order valence-electron chi connectivity index (χ1n) is 4.47. The van der Waals surface area contributed by atoms with Crippen molar-refractivity contribution in [2.24, 2.45) is 0 Å². The van der Waals surface area contributed by atoms with Crippen LogP contribution in [0.5, 0.6) is 0 Å². The second kappa shape index (κ2) is 6.28. The van der Waals surface area contributed by atoms with Crippen molar-refractivity contribution in [2.45, 2.75) is 18.1 Å². The lowest BCUT2D eigenvalue weighted by atomic mass is 9.97. The maximum absolute atomic E-state index is 9.13. The van der Waals surface area contributed by atoms with E-state index in [1.165, 1.54) is 0 Å². The molecule has 80 valence electrons. The molecule has 0 aliphatic carbocycles. The Morgan fingerprint density at radius 3 is 1.92 bits per heavy atom. The fraction of sp³-hybridized carbons (Fsp3) is 1.00. The summed E-state index contributed by atoms with van der Waals surface area (Å²) in [6.45, 7) is 0.0814. The molecule has 5 nitrogen and oxygen atoms in total. The minimum absolute atomic E-state index is 0.0121. The molecule has 0 heterocycles. The van der Waals surface area contributed by atoms with Crippen LogP contribution in [0.3, 0.4) is 0 Å². The normalized spacial score (nSPS) is 14.5. The highest BCUT2D eigenvalue weighted by Gasteiger charge is 2.33. The number of hydrogen-bond acceptors (Lipinski definition) is 5. The molecule has 1 unspecified atom stereocenters. The van der Waals surface area contributed by atoms with Gasteiger partial charge in [0.05, 0.1) is 18.3 Å². The van der Waals surface area contributed by atoms with Gasteiger partial charge in [-0.1, -0.05) is 0 Å². The average molecular weight is 191 g/mol. The van der Waals surface area contributed by atoms with Crippen LogP contribution >= 0.6 is 0 Å². The third kappa shape index (κ3) is 2.89. The van der Waals surface area contributed by atoms with Crippen LogP contribution in [0.15, 0.2) is 0 Å². The smallest absolute Gasteiger partial charge is 0.0884 e. The van der Waals surface area contributed by atoms with E-state index in [-0.39, 0.29) is 19.3 Å². The lowest BCUT2D eigenvalue weighted by Gasteiger charge is -2.39. The standard InChI is InChI=1S/C8H21N3O2/c1-9-7(6-13)8(10-2,11-3)4-5-12/h7,9-13H,4-6H2,1-3H3. The number of likely N-dealkylation sites (N-methyl/N-ethyl adjacent to an activating group) is 3. The van der Waals surface area contributed by atoms with Crippen molar-refractivity contribution >= 4 is 0 Å². The van der Waals surface area contributed by atoms with Gasteiger partial charge in [-0.05, 0) is 21.1 Å². The van der Waals surface area contributed by atoms with Crippen LogP contribution in [0.2, 0.25) is 0 Å². The third-order valence-corrected chi connectivity index (χ3v) is 2.52. The van der Waals surface area contributed by atoms with E-state index in [9.17, 15) is 0 Å². The Balaban J connectivity index is 4.50. The van der Waals surface area contributed by atoms with E-state index in [0.29, 0.717) is 6.42 Å². The van der Waals surface area contributed by atoms with Crippen molar-refractivity contribution < 1.29 is 10.2 Å². The third-order valence-electron chi connectivity index (χ3n) is 2.52. The SMILES string of the molecule is CNC(CO)C(CCO)(NC)NC. The number of hydrogen-bond donors (Lipinski definition) is 5. The molecule has 0 aromatic heterocycles. The first-order chi connectivity index (χ1) is 6.20. The van der Waals surface area contributed by atoms with Gasteiger partial charge in [0.25, 0.3) is 0 Å². The lowest BCUT2D eigenvalue weighted by molar-refractivity contribution is 0.109. The van der Waals surface area contributed by atoms with Gasteiger partial charge in [-0.15, -0.1) is 0 Å². The second-order valence-electron chi connectivity index (χ2n) is 2.97. The van der Waals surface area contributed by atoms with Crippen LogP contribution in [-0.2, 0) is 0 Å². The van der Waals surface area contributed by atoms with Crippen LogP contribution in [0.25, 0.3) is 0 Å². The van der Waals surface area contributed by atoms with Gasteiger partial charge in [0.2, 0.25) is 0 Å². The number of aliphatic hydroxyl groups excluding tert-OH is 2. The van der Waals surface area contributed by atoms with Crippen LogP contribution in [-0.4, -0.2) is 56.3 Å². The molecule has 0 fully saturated rings. The highest BCUT2D eigenvalue weighted by molar-refractivity contribution is 4.93. The fourth-order valence-corrected chi connectivity index (χ4v) is 1.57. The molecule has 0 saturated carbocycles. The summed E-state index contributed by atoms with van der Waals surface area (Å²) in [5.74, 6) is 0. The Kier molecular flexibility index (Phi) is 6.19. The molecule has 0 aliphatic rings. The minimum atomic E-state index is -0.460. The zero-order chi connectivity index (χ0) is 10.3. The van der Waals surface area contributed by atoms with Crippen LogP contribution in [0.4, 0.5) is 0 Å². The molecule has 5 heteroatoms. The van der Waals surface area contributed by atoms with Gasteiger partial charge >= 0.3 is 0 Å². The summed E-state index contributed by atoms with van der Waals surface area (Å²) in [5.41, 5.74) is -0.460. The maximum atomic E-state index is 9.13. The number of rotatable bonds is 7. The van der Waals surface area contributed by atoms with Crippen molar-refractivity contribution in [3.8, 4) is 0 Å². The first kappa shape index (κ1) is 12.8. The van der Waals surface area contributed by atoms with E-state index in [0.717, 1.165) is 0 Å². The number of aliphatic hydroxyl groups is 2. The summed E-state index contributed by atoms with van der Waals surface area (Å²) in [6.07, 6.45) is 0.534. The quantitative estimate of drug-likeness (QED) is 0.303.